The predicted octanol–water partition coefficient (Wildman–Crippen LogP) is 4.05. The van der Waals surface area contributed by atoms with Crippen LogP contribution in [0.5, 0.6) is 0 Å². The van der Waals surface area contributed by atoms with Crippen LogP contribution >= 0.6 is 11.8 Å². The molecule has 1 aliphatic rings. The number of benzene rings is 1. The van der Waals surface area contributed by atoms with Crippen LogP contribution in [0.2, 0.25) is 0 Å². The van der Waals surface area contributed by atoms with E-state index in [1.807, 2.05) is 39.2 Å². The van der Waals surface area contributed by atoms with E-state index in [0.717, 1.165) is 60.6 Å². The molecule has 0 spiro atoms. The quantitative estimate of drug-likeness (QED) is 0.311. The Hall–Kier alpha value is -2.38. The molecule has 0 saturated heterocycles. The summed E-state index contributed by atoms with van der Waals surface area (Å²) in [4.78, 5) is 14.5. The average Bonchev–Trinajstić information content (AvgIpc) is 3.34. The molecule has 0 N–H and O–H groups in total. The monoisotopic (exact) mass is 423 g/mol. The van der Waals surface area contributed by atoms with Crippen LogP contribution in [0.15, 0.2) is 41.7 Å². The highest BCUT2D eigenvalue weighted by Gasteiger charge is 2.18. The van der Waals surface area contributed by atoms with Crippen LogP contribution in [0.1, 0.15) is 47.1 Å². The Labute approximate surface area is 182 Å². The van der Waals surface area contributed by atoms with Gasteiger partial charge < -0.3 is 4.57 Å². The van der Waals surface area contributed by atoms with E-state index in [4.69, 9.17) is 0 Å². The normalized spacial score (nSPS) is 14.1. The Morgan fingerprint density at radius 2 is 2.07 bits per heavy atom. The van der Waals surface area contributed by atoms with Crippen LogP contribution in [0, 0.1) is 6.92 Å². The van der Waals surface area contributed by atoms with Crippen molar-refractivity contribution < 1.29 is 4.79 Å². The first-order valence-electron chi connectivity index (χ1n) is 10.6. The number of rotatable bonds is 8. The number of hydrogen-bond acceptors (Lipinski definition) is 5. The molecule has 4 rings (SSSR count). The summed E-state index contributed by atoms with van der Waals surface area (Å²) in [6.07, 6.45) is 4.75. The summed E-state index contributed by atoms with van der Waals surface area (Å²) in [6.45, 7) is 6.98. The van der Waals surface area contributed by atoms with Gasteiger partial charge in [-0.05, 0) is 55.6 Å². The van der Waals surface area contributed by atoms with Crippen molar-refractivity contribution in [3.63, 3.8) is 0 Å². The van der Waals surface area contributed by atoms with E-state index in [1.54, 1.807) is 11.8 Å². The lowest BCUT2D eigenvalue weighted by Crippen LogP contribution is -2.31. The molecule has 7 heteroatoms. The van der Waals surface area contributed by atoms with Crippen molar-refractivity contribution in [3.05, 3.63) is 59.0 Å². The van der Waals surface area contributed by atoms with Crippen molar-refractivity contribution in [2.75, 3.05) is 18.8 Å². The largest absolute Gasteiger partial charge is 0.337 e. The van der Waals surface area contributed by atoms with Gasteiger partial charge in [0.05, 0.1) is 0 Å². The van der Waals surface area contributed by atoms with E-state index in [9.17, 15) is 4.79 Å². The minimum Gasteiger partial charge on any atom is -0.337 e. The first kappa shape index (κ1) is 20.9. The molecule has 1 aromatic carbocycles. The highest BCUT2D eigenvalue weighted by molar-refractivity contribution is 7.99. The second-order valence-electron chi connectivity index (χ2n) is 7.83. The van der Waals surface area contributed by atoms with Crippen LogP contribution in [0.25, 0.3) is 5.82 Å². The van der Waals surface area contributed by atoms with E-state index >= 15 is 0 Å². The SMILES string of the molecule is CCC(=O)c1ccc2c(c1)CN(CCCSc1nnc(C)n1-c1cccn1C)CC2. The Morgan fingerprint density at radius 3 is 2.83 bits per heavy atom. The van der Waals surface area contributed by atoms with Crippen molar-refractivity contribution in [3.8, 4) is 5.82 Å². The van der Waals surface area contributed by atoms with Crippen LogP contribution < -0.4 is 0 Å². The number of ketones is 1. The molecule has 30 heavy (non-hydrogen) atoms. The van der Waals surface area contributed by atoms with Crippen LogP contribution in [-0.4, -0.2) is 48.9 Å². The molecular formula is C23H29N5OS. The zero-order valence-electron chi connectivity index (χ0n) is 18.0. The number of hydrogen-bond donors (Lipinski definition) is 0. The Balaban J connectivity index is 1.32. The highest BCUT2D eigenvalue weighted by Crippen LogP contribution is 2.24. The van der Waals surface area contributed by atoms with Gasteiger partial charge in [-0.3, -0.25) is 14.3 Å². The van der Waals surface area contributed by atoms with Crippen LogP contribution in [0.4, 0.5) is 0 Å². The van der Waals surface area contributed by atoms with Gasteiger partial charge in [0.2, 0.25) is 0 Å². The first-order valence-corrected chi connectivity index (χ1v) is 11.6. The average molecular weight is 424 g/mol. The van der Waals surface area contributed by atoms with Gasteiger partial charge in [-0.15, -0.1) is 10.2 Å². The molecule has 0 fully saturated rings. The number of carbonyl (C=O) groups excluding carboxylic acids is 1. The molecule has 6 nitrogen and oxygen atoms in total. The summed E-state index contributed by atoms with van der Waals surface area (Å²) in [5.74, 6) is 3.22. The minimum absolute atomic E-state index is 0.226. The first-order chi connectivity index (χ1) is 14.6. The fourth-order valence-corrected chi connectivity index (χ4v) is 4.93. The maximum atomic E-state index is 12.0. The summed E-state index contributed by atoms with van der Waals surface area (Å²) < 4.78 is 4.21. The summed E-state index contributed by atoms with van der Waals surface area (Å²) in [6, 6.07) is 10.4. The molecule has 0 atom stereocenters. The molecule has 158 valence electrons. The third-order valence-electron chi connectivity index (χ3n) is 5.73. The van der Waals surface area contributed by atoms with Gasteiger partial charge in [0, 0.05) is 44.1 Å². The molecule has 0 unspecified atom stereocenters. The number of carbonyl (C=O) groups is 1. The van der Waals surface area contributed by atoms with Gasteiger partial charge in [-0.1, -0.05) is 30.8 Å². The van der Waals surface area contributed by atoms with E-state index in [2.05, 4.69) is 42.4 Å². The zero-order valence-corrected chi connectivity index (χ0v) is 18.8. The molecule has 0 saturated carbocycles. The van der Waals surface area contributed by atoms with E-state index in [-0.39, 0.29) is 5.78 Å². The third-order valence-corrected chi connectivity index (χ3v) is 6.75. The maximum absolute atomic E-state index is 12.0. The molecule has 2 aromatic heterocycles. The van der Waals surface area contributed by atoms with E-state index < -0.39 is 0 Å². The summed E-state index contributed by atoms with van der Waals surface area (Å²) in [7, 11) is 2.04. The lowest BCUT2D eigenvalue weighted by molar-refractivity contribution is 0.0988. The topological polar surface area (TPSA) is 56.0 Å². The van der Waals surface area contributed by atoms with Crippen molar-refractivity contribution >= 4 is 17.5 Å². The number of thioether (sulfide) groups is 1. The molecule has 1 aliphatic heterocycles. The van der Waals surface area contributed by atoms with Crippen molar-refractivity contribution in [2.24, 2.45) is 7.05 Å². The highest BCUT2D eigenvalue weighted by atomic mass is 32.2. The second-order valence-corrected chi connectivity index (χ2v) is 8.89. The van der Waals surface area contributed by atoms with E-state index in [1.165, 1.54) is 11.1 Å². The zero-order chi connectivity index (χ0) is 21.1. The summed E-state index contributed by atoms with van der Waals surface area (Å²) >= 11 is 1.76. The molecule has 0 amide bonds. The summed E-state index contributed by atoms with van der Waals surface area (Å²) in [5.41, 5.74) is 3.55. The molecule has 0 radical (unpaired) electrons. The van der Waals surface area contributed by atoms with Gasteiger partial charge in [-0.2, -0.15) is 0 Å². The fraction of sp³-hybridized carbons (Fsp3) is 0.435. The predicted molar refractivity (Wildman–Crippen MR) is 120 cm³/mol. The smallest absolute Gasteiger partial charge is 0.196 e. The van der Waals surface area contributed by atoms with Crippen molar-refractivity contribution in [1.29, 1.82) is 0 Å². The van der Waals surface area contributed by atoms with Gasteiger partial charge in [0.15, 0.2) is 10.9 Å². The number of aryl methyl sites for hydroxylation is 2. The Kier molecular flexibility index (Phi) is 6.39. The lowest BCUT2D eigenvalue weighted by Gasteiger charge is -2.29. The number of nitrogens with zero attached hydrogens (tertiary/aromatic N) is 5. The van der Waals surface area contributed by atoms with Gasteiger partial charge in [0.25, 0.3) is 0 Å². The fourth-order valence-electron chi connectivity index (χ4n) is 4.02. The maximum Gasteiger partial charge on any atom is 0.196 e. The number of aromatic nitrogens is 4. The van der Waals surface area contributed by atoms with Gasteiger partial charge in [-0.25, -0.2) is 0 Å². The Bertz CT molecular complexity index is 1040. The minimum atomic E-state index is 0.226. The molecular weight excluding hydrogens is 394 g/mol. The van der Waals surface area contributed by atoms with Crippen LogP contribution in [0.3, 0.4) is 0 Å². The second kappa shape index (κ2) is 9.18. The van der Waals surface area contributed by atoms with Crippen molar-refractivity contribution in [2.45, 2.75) is 44.8 Å². The lowest BCUT2D eigenvalue weighted by atomic mass is 9.95. The number of Topliss-reactive ketones (excluding diaryl/α,β-unsaturated/α-hetero) is 1. The standard InChI is InChI=1S/C23H29N5OS/c1-4-21(29)19-9-8-18-10-13-27(16-20(18)15-19)12-6-14-30-23-25-24-17(2)28(23)22-7-5-11-26(22)3/h5,7-9,11,15H,4,6,10,12-14,16H2,1-3H3. The van der Waals surface area contributed by atoms with Crippen molar-refractivity contribution in [1.82, 2.24) is 24.2 Å². The van der Waals surface area contributed by atoms with Crippen LogP contribution in [-0.2, 0) is 20.0 Å². The molecule has 0 bridgehead atoms. The van der Waals surface area contributed by atoms with Gasteiger partial charge in [0.1, 0.15) is 11.6 Å². The Morgan fingerprint density at radius 1 is 1.20 bits per heavy atom. The molecule has 0 aliphatic carbocycles. The van der Waals surface area contributed by atoms with E-state index in [0.29, 0.717) is 6.42 Å². The third kappa shape index (κ3) is 4.37. The molecule has 3 heterocycles. The summed E-state index contributed by atoms with van der Waals surface area (Å²) in [5, 5.41) is 9.60. The molecule has 3 aromatic rings. The van der Waals surface area contributed by atoms with Gasteiger partial charge >= 0.3 is 0 Å². The number of fused-ring (bicyclic) bond motifs is 1.